The number of ether oxygens (including phenoxy) is 1. The maximum absolute atomic E-state index is 14.8. The number of halogens is 3. The first-order chi connectivity index (χ1) is 18.0. The minimum Gasteiger partial charge on any atom is -0.489 e. The van der Waals surface area contributed by atoms with Crippen molar-refractivity contribution in [2.75, 3.05) is 0 Å². The molecule has 0 unspecified atom stereocenters. The fourth-order valence-electron chi connectivity index (χ4n) is 4.48. The van der Waals surface area contributed by atoms with E-state index in [0.29, 0.717) is 16.9 Å². The lowest BCUT2D eigenvalue weighted by Crippen LogP contribution is -2.02. The summed E-state index contributed by atoms with van der Waals surface area (Å²) in [4.78, 5) is 0. The minimum atomic E-state index is -0.909. The third-order valence-electron chi connectivity index (χ3n) is 6.63. The van der Waals surface area contributed by atoms with Gasteiger partial charge in [-0.05, 0) is 59.7 Å². The number of rotatable bonds is 11. The van der Waals surface area contributed by atoms with Crippen molar-refractivity contribution in [1.29, 1.82) is 0 Å². The molecule has 4 heteroatoms. The zero-order valence-corrected chi connectivity index (χ0v) is 21.5. The Morgan fingerprint density at radius 1 is 0.595 bits per heavy atom. The van der Waals surface area contributed by atoms with Gasteiger partial charge in [-0.3, -0.25) is 0 Å². The van der Waals surface area contributed by atoms with Gasteiger partial charge in [0.05, 0.1) is 0 Å². The molecular formula is C33H33F3O. The average molecular weight is 503 g/mol. The molecule has 0 aliphatic carbocycles. The minimum absolute atomic E-state index is 0.112. The molecule has 4 aromatic carbocycles. The molecule has 4 rings (SSSR count). The molecule has 0 saturated heterocycles. The van der Waals surface area contributed by atoms with E-state index in [1.165, 1.54) is 5.56 Å². The van der Waals surface area contributed by atoms with Crippen LogP contribution in [0.3, 0.4) is 0 Å². The Labute approximate surface area is 217 Å². The van der Waals surface area contributed by atoms with E-state index in [0.717, 1.165) is 49.7 Å². The third kappa shape index (κ3) is 6.62. The Kier molecular flexibility index (Phi) is 9.05. The number of hydrogen-bond acceptors (Lipinski definition) is 1. The lowest BCUT2D eigenvalue weighted by atomic mass is 10.00. The van der Waals surface area contributed by atoms with E-state index in [2.05, 4.69) is 13.8 Å². The Hall–Kier alpha value is -3.53. The summed E-state index contributed by atoms with van der Waals surface area (Å²) < 4.78 is 50.1. The van der Waals surface area contributed by atoms with Gasteiger partial charge < -0.3 is 4.74 Å². The Balaban J connectivity index is 1.41. The van der Waals surface area contributed by atoms with Gasteiger partial charge in [0.2, 0.25) is 0 Å². The normalized spacial score (nSPS) is 11.1. The van der Waals surface area contributed by atoms with Crippen molar-refractivity contribution >= 4 is 0 Å². The van der Waals surface area contributed by atoms with Gasteiger partial charge in [0, 0.05) is 16.7 Å². The van der Waals surface area contributed by atoms with Gasteiger partial charge in [0.1, 0.15) is 18.2 Å². The second kappa shape index (κ2) is 12.6. The quantitative estimate of drug-likeness (QED) is 0.186. The monoisotopic (exact) mass is 502 g/mol. The first-order valence-electron chi connectivity index (χ1n) is 13.1. The van der Waals surface area contributed by atoms with Gasteiger partial charge in [-0.25, -0.2) is 13.2 Å². The van der Waals surface area contributed by atoms with Crippen molar-refractivity contribution < 1.29 is 17.9 Å². The molecule has 0 heterocycles. The molecule has 0 aliphatic rings. The molecule has 0 bridgehead atoms. The summed E-state index contributed by atoms with van der Waals surface area (Å²) >= 11 is 0. The van der Waals surface area contributed by atoms with Crippen molar-refractivity contribution in [2.24, 2.45) is 0 Å². The predicted octanol–water partition coefficient (Wildman–Crippen LogP) is 9.70. The largest absolute Gasteiger partial charge is 0.489 e. The first kappa shape index (κ1) is 26.5. The number of hydrogen-bond donors (Lipinski definition) is 0. The Morgan fingerprint density at radius 2 is 1.24 bits per heavy atom. The smallest absolute Gasteiger partial charge is 0.167 e. The van der Waals surface area contributed by atoms with Crippen LogP contribution in [0.4, 0.5) is 13.2 Å². The van der Waals surface area contributed by atoms with Gasteiger partial charge in [0.15, 0.2) is 11.6 Å². The maximum Gasteiger partial charge on any atom is 0.167 e. The van der Waals surface area contributed by atoms with Crippen LogP contribution in [0.5, 0.6) is 5.75 Å². The highest BCUT2D eigenvalue weighted by Crippen LogP contribution is 2.29. The van der Waals surface area contributed by atoms with E-state index in [4.69, 9.17) is 4.74 Å². The first-order valence-corrected chi connectivity index (χ1v) is 13.1. The highest BCUT2D eigenvalue weighted by molar-refractivity contribution is 5.66. The van der Waals surface area contributed by atoms with Crippen LogP contribution >= 0.6 is 0 Å². The lowest BCUT2D eigenvalue weighted by Gasteiger charge is -2.12. The molecule has 0 atom stereocenters. The maximum atomic E-state index is 14.8. The summed E-state index contributed by atoms with van der Waals surface area (Å²) in [6.07, 6.45) is 6.19. The molecule has 0 amide bonds. The Bertz CT molecular complexity index is 1310. The van der Waals surface area contributed by atoms with Crippen molar-refractivity contribution in [3.8, 4) is 28.0 Å². The van der Waals surface area contributed by atoms with Gasteiger partial charge >= 0.3 is 0 Å². The molecule has 0 aliphatic heterocycles. The van der Waals surface area contributed by atoms with Crippen molar-refractivity contribution in [2.45, 2.75) is 59.0 Å². The van der Waals surface area contributed by atoms with E-state index in [1.54, 1.807) is 42.5 Å². The van der Waals surface area contributed by atoms with Crippen LogP contribution < -0.4 is 4.74 Å². The van der Waals surface area contributed by atoms with Crippen LogP contribution in [0.25, 0.3) is 22.3 Å². The molecule has 37 heavy (non-hydrogen) atoms. The summed E-state index contributed by atoms with van der Waals surface area (Å²) in [5.74, 6) is -1.54. The summed E-state index contributed by atoms with van der Waals surface area (Å²) in [6, 6.07) is 23.0. The molecule has 1 nitrogen and oxygen atoms in total. The van der Waals surface area contributed by atoms with Gasteiger partial charge in [-0.2, -0.15) is 0 Å². The second-order valence-electron chi connectivity index (χ2n) is 9.43. The van der Waals surface area contributed by atoms with Crippen LogP contribution in [0.15, 0.2) is 78.9 Å². The van der Waals surface area contributed by atoms with Crippen molar-refractivity contribution in [3.63, 3.8) is 0 Å². The summed E-state index contributed by atoms with van der Waals surface area (Å²) in [7, 11) is 0. The molecule has 0 fully saturated rings. The SMILES string of the molecule is CCCCCc1ccc(-c2ccc(OCc3ccc(-c4ccc(CCC)cc4)c(F)c3F)cc2)c(F)c1. The summed E-state index contributed by atoms with van der Waals surface area (Å²) in [5, 5.41) is 0. The second-order valence-corrected chi connectivity index (χ2v) is 9.43. The summed E-state index contributed by atoms with van der Waals surface area (Å²) in [6.45, 7) is 4.14. The van der Waals surface area contributed by atoms with Gasteiger partial charge in [0.25, 0.3) is 0 Å². The zero-order chi connectivity index (χ0) is 26.2. The molecule has 0 spiro atoms. The molecule has 0 N–H and O–H groups in total. The van der Waals surface area contributed by atoms with Crippen LogP contribution in [0.1, 0.15) is 56.2 Å². The molecule has 0 aromatic heterocycles. The average Bonchev–Trinajstić information content (AvgIpc) is 2.91. The van der Waals surface area contributed by atoms with E-state index < -0.39 is 11.6 Å². The van der Waals surface area contributed by atoms with Crippen LogP contribution in [0.2, 0.25) is 0 Å². The zero-order valence-electron chi connectivity index (χ0n) is 21.5. The highest BCUT2D eigenvalue weighted by atomic mass is 19.2. The van der Waals surface area contributed by atoms with Crippen LogP contribution in [-0.2, 0) is 19.4 Å². The van der Waals surface area contributed by atoms with Crippen molar-refractivity contribution in [3.05, 3.63) is 113 Å². The van der Waals surface area contributed by atoms with E-state index >= 15 is 0 Å². The molecular weight excluding hydrogens is 469 g/mol. The lowest BCUT2D eigenvalue weighted by molar-refractivity contribution is 0.297. The van der Waals surface area contributed by atoms with Gasteiger partial charge in [-0.15, -0.1) is 0 Å². The van der Waals surface area contributed by atoms with E-state index in [1.807, 2.05) is 36.4 Å². The number of aryl methyl sites for hydroxylation is 2. The van der Waals surface area contributed by atoms with Crippen molar-refractivity contribution in [1.82, 2.24) is 0 Å². The fourth-order valence-corrected chi connectivity index (χ4v) is 4.48. The van der Waals surface area contributed by atoms with Crippen LogP contribution in [-0.4, -0.2) is 0 Å². The molecule has 0 radical (unpaired) electrons. The Morgan fingerprint density at radius 3 is 1.92 bits per heavy atom. The highest BCUT2D eigenvalue weighted by Gasteiger charge is 2.15. The number of unbranched alkanes of at least 4 members (excludes halogenated alkanes) is 2. The summed E-state index contributed by atoms with van der Waals surface area (Å²) in [5.41, 5.74) is 4.44. The molecule has 192 valence electrons. The standard InChI is InChI=1S/C33H33F3O/c1-3-5-6-8-24-11-19-29(31(34)21-24)25-14-17-28(18-15-25)37-22-27-16-20-30(33(36)32(27)35)26-12-9-23(7-4-2)10-13-26/h9-21H,3-8,22H2,1-2H3. The van der Waals surface area contributed by atoms with E-state index in [9.17, 15) is 13.2 Å². The molecule has 4 aromatic rings. The fraction of sp³-hybridized carbons (Fsp3) is 0.273. The predicted molar refractivity (Wildman–Crippen MR) is 145 cm³/mol. The molecule has 0 saturated carbocycles. The van der Waals surface area contributed by atoms with E-state index in [-0.39, 0.29) is 23.6 Å². The third-order valence-corrected chi connectivity index (χ3v) is 6.63. The van der Waals surface area contributed by atoms with Crippen LogP contribution in [0, 0.1) is 17.5 Å². The van der Waals surface area contributed by atoms with Gasteiger partial charge in [-0.1, -0.05) is 93.8 Å². The topological polar surface area (TPSA) is 9.23 Å². The number of benzene rings is 4.